The molecule has 3 heteroatoms. The van der Waals surface area contributed by atoms with Crippen LogP contribution < -0.4 is 4.74 Å². The zero-order valence-corrected chi connectivity index (χ0v) is 10.8. The van der Waals surface area contributed by atoms with Crippen molar-refractivity contribution in [2.75, 3.05) is 6.61 Å². The molecular formula is C15H14O2S. The molecule has 0 bridgehead atoms. The van der Waals surface area contributed by atoms with Crippen molar-refractivity contribution in [1.82, 2.24) is 0 Å². The summed E-state index contributed by atoms with van der Waals surface area (Å²) in [7, 11) is 0. The molecule has 0 unspecified atom stereocenters. The third kappa shape index (κ3) is 2.18. The normalized spacial score (nSPS) is 13.8. The predicted molar refractivity (Wildman–Crippen MR) is 72.6 cm³/mol. The second-order valence-corrected chi connectivity index (χ2v) is 5.46. The summed E-state index contributed by atoms with van der Waals surface area (Å²) >= 11 is 1.62. The summed E-state index contributed by atoms with van der Waals surface area (Å²) in [6.07, 6.45) is 2.52. The van der Waals surface area contributed by atoms with Gasteiger partial charge in [0.05, 0.1) is 12.2 Å². The van der Waals surface area contributed by atoms with Gasteiger partial charge in [0.15, 0.2) is 5.78 Å². The molecule has 0 saturated heterocycles. The van der Waals surface area contributed by atoms with Gasteiger partial charge < -0.3 is 4.74 Å². The van der Waals surface area contributed by atoms with E-state index in [1.165, 1.54) is 5.56 Å². The number of carbonyl (C=O) groups excluding carboxylic acids is 1. The number of carbonyl (C=O) groups is 1. The number of fused-ring (bicyclic) bond motifs is 1. The van der Waals surface area contributed by atoms with Crippen molar-refractivity contribution in [2.24, 2.45) is 0 Å². The standard InChI is InChI=1S/C15H14O2S/c16-14(10-12-6-3-9-18-12)13-7-1-4-11-5-2-8-17-15(11)13/h1,3-4,6-7,9H,2,5,8,10H2. The Kier molecular flexibility index (Phi) is 3.15. The Balaban J connectivity index is 1.89. The smallest absolute Gasteiger partial charge is 0.171 e. The molecule has 0 spiro atoms. The number of thiophene rings is 1. The summed E-state index contributed by atoms with van der Waals surface area (Å²) in [5.74, 6) is 0.960. The van der Waals surface area contributed by atoms with Gasteiger partial charge in [-0.15, -0.1) is 11.3 Å². The van der Waals surface area contributed by atoms with E-state index in [9.17, 15) is 4.79 Å². The lowest BCUT2D eigenvalue weighted by molar-refractivity contribution is 0.0989. The summed E-state index contributed by atoms with van der Waals surface area (Å²) in [6, 6.07) is 9.86. The molecular weight excluding hydrogens is 244 g/mol. The van der Waals surface area contributed by atoms with Crippen LogP contribution in [0.3, 0.4) is 0 Å². The number of ketones is 1. The molecule has 1 aliphatic heterocycles. The van der Waals surface area contributed by atoms with Crippen LogP contribution in [0.2, 0.25) is 0 Å². The maximum absolute atomic E-state index is 12.3. The molecule has 1 aromatic carbocycles. The van der Waals surface area contributed by atoms with Gasteiger partial charge in [0, 0.05) is 11.3 Å². The molecule has 1 aromatic heterocycles. The van der Waals surface area contributed by atoms with Crippen LogP contribution in [-0.4, -0.2) is 12.4 Å². The predicted octanol–water partition coefficient (Wildman–Crippen LogP) is 3.50. The maximum Gasteiger partial charge on any atom is 0.171 e. The lowest BCUT2D eigenvalue weighted by Gasteiger charge is -2.19. The Hall–Kier alpha value is -1.61. The third-order valence-corrected chi connectivity index (χ3v) is 4.03. The van der Waals surface area contributed by atoms with Crippen LogP contribution in [0.15, 0.2) is 35.7 Å². The Morgan fingerprint density at radius 2 is 2.22 bits per heavy atom. The van der Waals surface area contributed by atoms with Crippen molar-refractivity contribution < 1.29 is 9.53 Å². The zero-order chi connectivity index (χ0) is 12.4. The number of benzene rings is 1. The van der Waals surface area contributed by atoms with E-state index in [0.29, 0.717) is 6.42 Å². The number of rotatable bonds is 3. The minimum absolute atomic E-state index is 0.149. The third-order valence-electron chi connectivity index (χ3n) is 3.15. The Bertz CT molecular complexity index is 558. The van der Waals surface area contributed by atoms with Crippen LogP contribution >= 0.6 is 11.3 Å². The number of hydrogen-bond donors (Lipinski definition) is 0. The molecule has 0 amide bonds. The minimum Gasteiger partial charge on any atom is -0.493 e. The van der Waals surface area contributed by atoms with E-state index in [2.05, 4.69) is 6.07 Å². The number of para-hydroxylation sites is 1. The lowest BCUT2D eigenvalue weighted by atomic mass is 9.98. The van der Waals surface area contributed by atoms with Crippen LogP contribution in [-0.2, 0) is 12.8 Å². The highest BCUT2D eigenvalue weighted by Gasteiger charge is 2.19. The molecule has 0 aliphatic carbocycles. The van der Waals surface area contributed by atoms with Gasteiger partial charge in [0.1, 0.15) is 5.75 Å². The molecule has 0 radical (unpaired) electrons. The summed E-state index contributed by atoms with van der Waals surface area (Å²) in [5, 5.41) is 2.00. The molecule has 2 aromatic rings. The van der Waals surface area contributed by atoms with Crippen molar-refractivity contribution >= 4 is 17.1 Å². The van der Waals surface area contributed by atoms with Gasteiger partial charge >= 0.3 is 0 Å². The van der Waals surface area contributed by atoms with Crippen LogP contribution in [0.25, 0.3) is 0 Å². The van der Waals surface area contributed by atoms with E-state index in [0.717, 1.165) is 35.6 Å². The van der Waals surface area contributed by atoms with Crippen LogP contribution in [0.4, 0.5) is 0 Å². The van der Waals surface area contributed by atoms with Gasteiger partial charge in [0.25, 0.3) is 0 Å². The largest absolute Gasteiger partial charge is 0.493 e. The molecule has 3 rings (SSSR count). The fourth-order valence-corrected chi connectivity index (χ4v) is 2.98. The van der Waals surface area contributed by atoms with Gasteiger partial charge in [0.2, 0.25) is 0 Å². The molecule has 0 N–H and O–H groups in total. The Labute approximate surface area is 110 Å². The first-order valence-electron chi connectivity index (χ1n) is 6.15. The van der Waals surface area contributed by atoms with Gasteiger partial charge in [-0.1, -0.05) is 18.2 Å². The first-order chi connectivity index (χ1) is 8.84. The van der Waals surface area contributed by atoms with Gasteiger partial charge in [-0.25, -0.2) is 0 Å². The summed E-state index contributed by atoms with van der Waals surface area (Å²) in [5.41, 5.74) is 1.90. The SMILES string of the molecule is O=C(Cc1cccs1)c1cccc2c1OCCC2. The van der Waals surface area contributed by atoms with Crippen molar-refractivity contribution in [3.63, 3.8) is 0 Å². The topological polar surface area (TPSA) is 26.3 Å². The van der Waals surface area contributed by atoms with Gasteiger partial charge in [-0.05, 0) is 35.9 Å². The maximum atomic E-state index is 12.3. The Morgan fingerprint density at radius 1 is 1.28 bits per heavy atom. The summed E-state index contributed by atoms with van der Waals surface area (Å²) in [4.78, 5) is 13.4. The average molecular weight is 258 g/mol. The number of hydrogen-bond acceptors (Lipinski definition) is 3. The molecule has 0 saturated carbocycles. The van der Waals surface area contributed by atoms with Crippen molar-refractivity contribution in [3.05, 3.63) is 51.7 Å². The van der Waals surface area contributed by atoms with E-state index in [-0.39, 0.29) is 5.78 Å². The molecule has 2 heterocycles. The second-order valence-electron chi connectivity index (χ2n) is 4.43. The van der Waals surface area contributed by atoms with Crippen LogP contribution in [0.5, 0.6) is 5.75 Å². The molecule has 2 nitrogen and oxygen atoms in total. The monoisotopic (exact) mass is 258 g/mol. The van der Waals surface area contributed by atoms with E-state index < -0.39 is 0 Å². The fourth-order valence-electron chi connectivity index (χ4n) is 2.28. The molecule has 1 aliphatic rings. The van der Waals surface area contributed by atoms with Crippen LogP contribution in [0.1, 0.15) is 27.2 Å². The van der Waals surface area contributed by atoms with E-state index in [1.807, 2.05) is 29.6 Å². The molecule has 18 heavy (non-hydrogen) atoms. The van der Waals surface area contributed by atoms with E-state index in [4.69, 9.17) is 4.74 Å². The highest BCUT2D eigenvalue weighted by atomic mass is 32.1. The number of aryl methyl sites for hydroxylation is 1. The minimum atomic E-state index is 0.149. The number of Topliss-reactive ketones (excluding diaryl/α,β-unsaturated/α-hetero) is 1. The van der Waals surface area contributed by atoms with E-state index >= 15 is 0 Å². The second kappa shape index (κ2) is 4.94. The van der Waals surface area contributed by atoms with E-state index in [1.54, 1.807) is 11.3 Å². The lowest BCUT2D eigenvalue weighted by Crippen LogP contribution is -2.13. The quantitative estimate of drug-likeness (QED) is 0.788. The molecule has 92 valence electrons. The number of ether oxygens (including phenoxy) is 1. The highest BCUT2D eigenvalue weighted by molar-refractivity contribution is 7.10. The van der Waals surface area contributed by atoms with Crippen molar-refractivity contribution in [2.45, 2.75) is 19.3 Å². The molecule has 0 fully saturated rings. The first-order valence-corrected chi connectivity index (χ1v) is 7.03. The average Bonchev–Trinajstić information content (AvgIpc) is 2.91. The van der Waals surface area contributed by atoms with Crippen molar-refractivity contribution in [1.29, 1.82) is 0 Å². The highest BCUT2D eigenvalue weighted by Crippen LogP contribution is 2.30. The van der Waals surface area contributed by atoms with Gasteiger partial charge in [-0.3, -0.25) is 4.79 Å². The molecule has 0 atom stereocenters. The van der Waals surface area contributed by atoms with Gasteiger partial charge in [-0.2, -0.15) is 0 Å². The summed E-state index contributed by atoms with van der Waals surface area (Å²) < 4.78 is 5.68. The summed E-state index contributed by atoms with van der Waals surface area (Å²) in [6.45, 7) is 0.719. The van der Waals surface area contributed by atoms with Crippen molar-refractivity contribution in [3.8, 4) is 5.75 Å². The first kappa shape index (κ1) is 11.5. The van der Waals surface area contributed by atoms with Crippen LogP contribution in [0, 0.1) is 0 Å². The fraction of sp³-hybridized carbons (Fsp3) is 0.267. The zero-order valence-electron chi connectivity index (χ0n) is 10.0. The Morgan fingerprint density at radius 3 is 3.06 bits per heavy atom.